The minimum Gasteiger partial charge on any atom is -0.378 e. The number of halogens is 3. The maximum atomic E-state index is 13.3. The molecule has 4 aromatic carbocycles. The maximum Gasteiger partial charge on any atom is 0.534 e. The second-order valence-electron chi connectivity index (χ2n) is 16.1. The molecule has 5 aromatic rings. The van der Waals surface area contributed by atoms with E-state index in [1.807, 2.05) is 68.1 Å². The summed E-state index contributed by atoms with van der Waals surface area (Å²) in [5, 5.41) is 3.51. The zero-order chi connectivity index (χ0) is 41.5. The van der Waals surface area contributed by atoms with Gasteiger partial charge in [0.15, 0.2) is 5.75 Å². The van der Waals surface area contributed by atoms with E-state index in [-0.39, 0.29) is 34.9 Å². The summed E-state index contributed by atoms with van der Waals surface area (Å²) >= 11 is 0. The summed E-state index contributed by atoms with van der Waals surface area (Å²) < 4.78 is 64.8. The van der Waals surface area contributed by atoms with Gasteiger partial charge in [-0.15, -0.1) is 0 Å². The van der Waals surface area contributed by atoms with Gasteiger partial charge in [0.05, 0.1) is 24.2 Å². The third-order valence-corrected chi connectivity index (χ3v) is 11.0. The Labute approximate surface area is 331 Å². The lowest BCUT2D eigenvalue weighted by molar-refractivity contribution is -0.0500. The van der Waals surface area contributed by atoms with E-state index in [4.69, 9.17) is 0 Å². The van der Waals surface area contributed by atoms with Crippen LogP contribution in [0, 0.1) is 0 Å². The first-order chi connectivity index (χ1) is 26.7. The van der Waals surface area contributed by atoms with E-state index < -0.39 is 27.3 Å². The van der Waals surface area contributed by atoms with E-state index in [0.717, 1.165) is 39.7 Å². The average Bonchev–Trinajstić information content (AvgIpc) is 3.68. The predicted molar refractivity (Wildman–Crippen MR) is 216 cm³/mol. The van der Waals surface area contributed by atoms with Crippen molar-refractivity contribution in [3.05, 3.63) is 148 Å². The molecule has 57 heavy (non-hydrogen) atoms. The number of carbonyl (C=O) groups excluding carboxylic acids is 2. The van der Waals surface area contributed by atoms with Gasteiger partial charge in [-0.2, -0.15) is 21.6 Å². The fourth-order valence-corrected chi connectivity index (χ4v) is 7.18. The average molecular weight is 799 g/mol. The minimum atomic E-state index is -5.87. The number of rotatable bonds is 7. The molecule has 7 rings (SSSR count). The van der Waals surface area contributed by atoms with Crippen LogP contribution in [0.2, 0.25) is 0 Å². The SMILES string of the molecule is CC(C)(C)c1ccc(N2Cc3cccc(OS(=O)(=O)C(F)(F)F)c3C2=O)cc1.C[C@H](Nc1cccc2c1C(=O)N(c1ccc(C(C)(C)C)cc1)C2)c1ccncc1. The van der Waals surface area contributed by atoms with Crippen LogP contribution < -0.4 is 19.3 Å². The summed E-state index contributed by atoms with van der Waals surface area (Å²) in [6.45, 7) is 15.5. The molecule has 0 aliphatic carbocycles. The Hall–Kier alpha value is -5.69. The van der Waals surface area contributed by atoms with Gasteiger partial charge in [-0.25, -0.2) is 0 Å². The fourth-order valence-electron chi connectivity index (χ4n) is 6.71. The van der Waals surface area contributed by atoms with Crippen molar-refractivity contribution >= 4 is 39.0 Å². The second-order valence-corrected chi connectivity index (χ2v) is 17.7. The molecule has 0 radical (unpaired) electrons. The zero-order valence-electron chi connectivity index (χ0n) is 32.8. The molecule has 0 saturated carbocycles. The van der Waals surface area contributed by atoms with Gasteiger partial charge in [-0.1, -0.05) is 90.1 Å². The monoisotopic (exact) mass is 798 g/mol. The van der Waals surface area contributed by atoms with Crippen LogP contribution in [0.4, 0.5) is 30.2 Å². The number of nitrogens with zero attached hydrogens (tertiary/aromatic N) is 3. The molecule has 2 amide bonds. The van der Waals surface area contributed by atoms with Crippen molar-refractivity contribution in [1.29, 1.82) is 0 Å². The number of pyridine rings is 1. The van der Waals surface area contributed by atoms with Crippen LogP contribution in [-0.2, 0) is 34.0 Å². The molecule has 1 aromatic heterocycles. The number of alkyl halides is 3. The predicted octanol–water partition coefficient (Wildman–Crippen LogP) is 10.1. The summed E-state index contributed by atoms with van der Waals surface area (Å²) in [5.74, 6) is -1.20. The summed E-state index contributed by atoms with van der Waals surface area (Å²) in [4.78, 5) is 33.4. The van der Waals surface area contributed by atoms with Gasteiger partial charge in [0, 0.05) is 35.5 Å². The molecule has 13 heteroatoms. The van der Waals surface area contributed by atoms with Gasteiger partial charge in [0.2, 0.25) is 0 Å². The lowest BCUT2D eigenvalue weighted by Gasteiger charge is -2.21. The van der Waals surface area contributed by atoms with Gasteiger partial charge < -0.3 is 19.3 Å². The van der Waals surface area contributed by atoms with Crippen molar-refractivity contribution in [1.82, 2.24) is 4.98 Å². The van der Waals surface area contributed by atoms with Crippen molar-refractivity contribution in [2.45, 2.75) is 83.9 Å². The van der Waals surface area contributed by atoms with Crippen LogP contribution in [0.5, 0.6) is 5.75 Å². The summed E-state index contributed by atoms with van der Waals surface area (Å²) in [6.07, 6.45) is 3.58. The van der Waals surface area contributed by atoms with Gasteiger partial charge in [0.25, 0.3) is 11.8 Å². The Morgan fingerprint density at radius 1 is 0.667 bits per heavy atom. The minimum absolute atomic E-state index is 0.0496. The topological polar surface area (TPSA) is 109 Å². The molecule has 0 saturated heterocycles. The molecule has 0 bridgehead atoms. The fraction of sp³-hybridized carbons (Fsp3) is 0.295. The van der Waals surface area contributed by atoms with E-state index in [1.54, 1.807) is 30.6 Å². The molecule has 0 fully saturated rings. The molecule has 9 nitrogen and oxygen atoms in total. The van der Waals surface area contributed by atoms with Gasteiger partial charge >= 0.3 is 15.6 Å². The van der Waals surface area contributed by atoms with Crippen LogP contribution in [0.15, 0.2) is 109 Å². The Balaban J connectivity index is 0.000000193. The highest BCUT2D eigenvalue weighted by Gasteiger charge is 2.49. The Morgan fingerprint density at radius 3 is 1.60 bits per heavy atom. The Kier molecular flexibility index (Phi) is 11.0. The molecule has 298 valence electrons. The number of fused-ring (bicyclic) bond motifs is 2. The zero-order valence-corrected chi connectivity index (χ0v) is 33.6. The highest BCUT2D eigenvalue weighted by molar-refractivity contribution is 7.88. The van der Waals surface area contributed by atoms with Crippen molar-refractivity contribution in [2.75, 3.05) is 15.1 Å². The number of hydrogen-bond acceptors (Lipinski definition) is 7. The van der Waals surface area contributed by atoms with Gasteiger partial charge in [-0.05, 0) is 94.1 Å². The third-order valence-electron chi connectivity index (χ3n) is 9.99. The lowest BCUT2D eigenvalue weighted by atomic mass is 9.87. The smallest absolute Gasteiger partial charge is 0.378 e. The standard InChI is InChI=1S/C25H27N3O.C19H18F3NO4S/c1-17(18-12-14-26-15-13-18)27-22-7-5-6-19-16-28(24(29)23(19)22)21-10-8-20(9-11-21)25(2,3)4;1-18(2,3)13-7-9-14(10-8-13)23-11-12-5-4-6-15(16(12)17(23)24)27-28(25,26)19(20,21)22/h5-15,17,27H,16H2,1-4H3;4-10H,11H2,1-3H3/t17-;/m0./s1. The van der Waals surface area contributed by atoms with Crippen LogP contribution in [0.3, 0.4) is 0 Å². The van der Waals surface area contributed by atoms with Crippen LogP contribution in [-0.4, -0.2) is 30.7 Å². The molecular weight excluding hydrogens is 754 g/mol. The van der Waals surface area contributed by atoms with E-state index in [9.17, 15) is 31.2 Å². The molecule has 1 atom stereocenters. The Bertz CT molecular complexity index is 2390. The quantitative estimate of drug-likeness (QED) is 0.129. The van der Waals surface area contributed by atoms with Crippen LogP contribution in [0.1, 0.15) is 103 Å². The van der Waals surface area contributed by atoms with Crippen molar-refractivity contribution in [2.24, 2.45) is 0 Å². The van der Waals surface area contributed by atoms with Crippen molar-refractivity contribution in [3.8, 4) is 5.75 Å². The molecule has 2 aliphatic rings. The Morgan fingerprint density at radius 2 is 1.12 bits per heavy atom. The number of amides is 2. The van der Waals surface area contributed by atoms with E-state index >= 15 is 0 Å². The molecule has 2 aliphatic heterocycles. The van der Waals surface area contributed by atoms with Crippen molar-refractivity contribution < 1.29 is 35.4 Å². The van der Waals surface area contributed by atoms with Crippen LogP contribution >= 0.6 is 0 Å². The number of hydrogen-bond donors (Lipinski definition) is 1. The number of anilines is 3. The highest BCUT2D eigenvalue weighted by atomic mass is 32.2. The summed E-state index contributed by atoms with van der Waals surface area (Å²) in [6, 6.07) is 29.6. The molecular formula is C44H45F3N4O5S. The molecule has 0 unspecified atom stereocenters. The van der Waals surface area contributed by atoms with Crippen LogP contribution in [0.25, 0.3) is 0 Å². The number of nitrogens with one attached hydrogen (secondary N) is 1. The number of aromatic nitrogens is 1. The number of carbonyl (C=O) groups is 2. The lowest BCUT2D eigenvalue weighted by Crippen LogP contribution is -2.29. The van der Waals surface area contributed by atoms with Gasteiger partial charge in [-0.3, -0.25) is 14.6 Å². The maximum absolute atomic E-state index is 13.3. The first-order valence-electron chi connectivity index (χ1n) is 18.4. The first kappa shape index (κ1) is 41.0. The van der Waals surface area contributed by atoms with E-state index in [0.29, 0.717) is 17.8 Å². The van der Waals surface area contributed by atoms with Gasteiger partial charge in [0.1, 0.15) is 0 Å². The largest absolute Gasteiger partial charge is 0.534 e. The number of benzene rings is 4. The van der Waals surface area contributed by atoms with E-state index in [2.05, 4.69) is 66.4 Å². The first-order valence-corrected chi connectivity index (χ1v) is 19.8. The molecule has 3 heterocycles. The molecule has 1 N–H and O–H groups in total. The summed E-state index contributed by atoms with van der Waals surface area (Å²) in [7, 11) is -5.87. The second kappa shape index (κ2) is 15.3. The normalized spacial score (nSPS) is 14.8. The van der Waals surface area contributed by atoms with E-state index in [1.165, 1.54) is 16.5 Å². The third kappa shape index (κ3) is 8.68. The van der Waals surface area contributed by atoms with Crippen molar-refractivity contribution in [3.63, 3.8) is 0 Å². The molecule has 0 spiro atoms. The highest BCUT2D eigenvalue weighted by Crippen LogP contribution is 2.38. The summed E-state index contributed by atoms with van der Waals surface area (Å²) in [5.41, 5.74) is 2.29.